The Morgan fingerprint density at radius 2 is 0.800 bits per heavy atom. The Kier molecular flexibility index (Phi) is 18.6. The molecule has 24 heteroatoms. The maximum atomic E-state index is 13.4. The van der Waals surface area contributed by atoms with E-state index in [1.807, 2.05) is 0 Å². The van der Waals surface area contributed by atoms with Gasteiger partial charge in [0, 0.05) is 24.9 Å². The van der Waals surface area contributed by atoms with Crippen LogP contribution in [0.2, 0.25) is 0 Å². The van der Waals surface area contributed by atoms with Crippen LogP contribution in [0.4, 0.5) is 62.3 Å². The van der Waals surface area contributed by atoms with E-state index in [-0.39, 0.29) is 62.2 Å². The highest BCUT2D eigenvalue weighted by atomic mass is 19.4. The molecule has 3 N–H and O–H groups in total. The average molecular weight is 1150 g/mol. The molecule has 2 fully saturated rings. The van der Waals surface area contributed by atoms with Crippen molar-refractivity contribution in [2.24, 2.45) is 0 Å². The third kappa shape index (κ3) is 15.9. The second-order valence-electron chi connectivity index (χ2n) is 22.5. The predicted octanol–water partition coefficient (Wildman–Crippen LogP) is 13.8. The minimum Gasteiger partial charge on any atom is -0.480 e. The topological polar surface area (TPSA) is 153 Å². The molecule has 2 aliphatic rings. The third-order valence-electron chi connectivity index (χ3n) is 13.4. The molecule has 4 aromatic rings. The van der Waals surface area contributed by atoms with Crippen LogP contribution in [0.15, 0.2) is 97.1 Å². The van der Waals surface area contributed by atoms with Crippen LogP contribution in [0, 0.1) is 0 Å². The van der Waals surface area contributed by atoms with Crippen molar-refractivity contribution in [1.29, 1.82) is 0 Å². The van der Waals surface area contributed by atoms with E-state index in [0.29, 0.717) is 29.8 Å². The summed E-state index contributed by atoms with van der Waals surface area (Å²) in [5.41, 5.74) is -11.7. The number of halogens is 12. The lowest BCUT2D eigenvalue weighted by Crippen LogP contribution is -2.71. The zero-order valence-electron chi connectivity index (χ0n) is 45.3. The lowest BCUT2D eigenvalue weighted by atomic mass is 9.54. The van der Waals surface area contributed by atoms with Crippen molar-refractivity contribution in [1.82, 2.24) is 15.5 Å². The molecule has 0 saturated heterocycles. The highest BCUT2D eigenvalue weighted by Gasteiger charge is 2.63. The van der Waals surface area contributed by atoms with Crippen LogP contribution in [0.25, 0.3) is 0 Å². The molecule has 4 aromatic carbocycles. The smallest absolute Gasteiger partial charge is 0.416 e. The normalized spacial score (nSPS) is 22.2. The van der Waals surface area contributed by atoms with Gasteiger partial charge in [-0.1, -0.05) is 60.7 Å². The number of carbonyl (C=O) groups excluding carboxylic acids is 3. The summed E-state index contributed by atoms with van der Waals surface area (Å²) in [6, 6.07) is 20.0. The van der Waals surface area contributed by atoms with Crippen molar-refractivity contribution >= 4 is 24.1 Å². The summed E-state index contributed by atoms with van der Waals surface area (Å²) in [5, 5.41) is 15.1. The van der Waals surface area contributed by atoms with Gasteiger partial charge in [0.25, 0.3) is 0 Å². The second-order valence-corrected chi connectivity index (χ2v) is 22.5. The highest BCUT2D eigenvalue weighted by molar-refractivity contribution is 5.92. The number of aliphatic carboxylic acids is 1. The van der Waals surface area contributed by atoms with Crippen LogP contribution in [-0.4, -0.2) is 83.7 Å². The van der Waals surface area contributed by atoms with Gasteiger partial charge in [-0.3, -0.25) is 4.79 Å². The first-order valence-electron chi connectivity index (χ1n) is 24.8. The van der Waals surface area contributed by atoms with Gasteiger partial charge < -0.3 is 39.6 Å². The van der Waals surface area contributed by atoms with Crippen LogP contribution in [0.3, 0.4) is 0 Å². The number of carbonyl (C=O) groups is 4. The summed E-state index contributed by atoms with van der Waals surface area (Å²) >= 11 is 0. The number of hydrogen-bond donors (Lipinski definition) is 3. The monoisotopic (exact) mass is 1150 g/mol. The summed E-state index contributed by atoms with van der Waals surface area (Å²) in [7, 11) is 3.07. The van der Waals surface area contributed by atoms with E-state index in [1.54, 1.807) is 102 Å². The molecule has 80 heavy (non-hydrogen) atoms. The zero-order chi connectivity index (χ0) is 60.5. The first-order valence-corrected chi connectivity index (χ1v) is 24.8. The summed E-state index contributed by atoms with van der Waals surface area (Å²) in [6.07, 6.45) is -24.3. The van der Waals surface area contributed by atoms with Crippen LogP contribution in [0.5, 0.6) is 0 Å². The molecule has 0 aromatic heterocycles. The largest absolute Gasteiger partial charge is 0.480 e. The van der Waals surface area contributed by atoms with Crippen LogP contribution >= 0.6 is 0 Å². The van der Waals surface area contributed by atoms with Gasteiger partial charge in [-0.2, -0.15) is 52.7 Å². The minimum absolute atomic E-state index is 0.0389. The first kappa shape index (κ1) is 64.3. The molecule has 2 aliphatic carbocycles. The lowest BCUT2D eigenvalue weighted by molar-refractivity contribution is -0.155. The fraction of sp³-hybridized carbons (Fsp3) is 0.500. The van der Waals surface area contributed by atoms with Crippen LogP contribution < -0.4 is 10.6 Å². The van der Waals surface area contributed by atoms with Gasteiger partial charge in [-0.05, 0) is 140 Å². The fourth-order valence-electron chi connectivity index (χ4n) is 9.77. The molecular weight excluding hydrogens is 1090 g/mol. The number of carboxylic acids is 1. The van der Waals surface area contributed by atoms with Gasteiger partial charge >= 0.3 is 42.9 Å². The highest BCUT2D eigenvalue weighted by Crippen LogP contribution is 2.54. The standard InChI is InChI=1S/C29H34F6N2O4.C27H29F6NO5/c1-18(19-12-21(28(30,31)32)14-22(13-19)29(33,34)35)40-17-26(20-10-8-7-9-11-20)15-27(16-26,23(38)37(5)6)36-24(39)41-25(2,3)4;1-16(17-10-19(26(28,29)30)12-20(11-17)27(31,32)33)38-15-24(18-8-6-5-7-9-18)13-25(14-24,21(35)36)34-22(37)39-23(2,3)4/h7-14,18H,15-17H2,1-6H3,(H,36,39);5-12,16H,13-15H2,1-4H3,(H,34,37)(H,35,36)/t18-,26?,27?;16-,24?,25?/m11/s1. The van der Waals surface area contributed by atoms with E-state index >= 15 is 0 Å². The van der Waals surface area contributed by atoms with Gasteiger partial charge in [0.2, 0.25) is 5.91 Å². The Balaban J connectivity index is 0.000000294. The average Bonchev–Trinajstić information content (AvgIpc) is 3.30. The summed E-state index contributed by atoms with van der Waals surface area (Å²) in [4.78, 5) is 51.9. The van der Waals surface area contributed by atoms with Crippen molar-refractivity contribution in [2.45, 2.75) is 151 Å². The van der Waals surface area contributed by atoms with Crippen molar-refractivity contribution in [3.8, 4) is 0 Å². The van der Waals surface area contributed by atoms with Gasteiger partial charge in [0.1, 0.15) is 22.3 Å². The molecule has 0 spiro atoms. The Labute approximate surface area is 454 Å². The Morgan fingerprint density at radius 3 is 1.06 bits per heavy atom. The van der Waals surface area contributed by atoms with Crippen LogP contribution in [0.1, 0.15) is 138 Å². The summed E-state index contributed by atoms with van der Waals surface area (Å²) < 4.78 is 183. The number of rotatable bonds is 14. The number of nitrogens with zero attached hydrogens (tertiary/aromatic N) is 1. The van der Waals surface area contributed by atoms with E-state index in [0.717, 1.165) is 5.56 Å². The molecule has 2 saturated carbocycles. The maximum Gasteiger partial charge on any atom is 0.416 e. The van der Waals surface area contributed by atoms with Gasteiger partial charge in [-0.25, -0.2) is 14.4 Å². The van der Waals surface area contributed by atoms with E-state index < -0.39 is 116 Å². The number of alkyl carbamates (subject to hydrolysis) is 2. The summed E-state index contributed by atoms with van der Waals surface area (Å²) in [6.45, 7) is 12.2. The molecular formula is C56H63F12N3O9. The van der Waals surface area contributed by atoms with Crippen molar-refractivity contribution < 1.29 is 95.9 Å². The molecule has 3 amide bonds. The predicted molar refractivity (Wildman–Crippen MR) is 267 cm³/mol. The van der Waals surface area contributed by atoms with E-state index in [1.165, 1.54) is 32.8 Å². The molecule has 2 atom stereocenters. The maximum absolute atomic E-state index is 13.4. The van der Waals surface area contributed by atoms with Crippen molar-refractivity contribution in [3.05, 3.63) is 142 Å². The zero-order valence-corrected chi connectivity index (χ0v) is 45.3. The van der Waals surface area contributed by atoms with E-state index in [9.17, 15) is 77.0 Å². The van der Waals surface area contributed by atoms with E-state index in [4.69, 9.17) is 18.9 Å². The van der Waals surface area contributed by atoms with Gasteiger partial charge in [0.15, 0.2) is 0 Å². The summed E-state index contributed by atoms with van der Waals surface area (Å²) in [5.74, 6) is -1.71. The first-order chi connectivity index (χ1) is 36.4. The molecule has 0 unspecified atom stereocenters. The molecule has 0 radical (unpaired) electrons. The second kappa shape index (κ2) is 23.1. The fourth-order valence-corrected chi connectivity index (χ4v) is 9.77. The number of benzene rings is 4. The molecule has 0 aliphatic heterocycles. The Hall–Kier alpha value is -6.56. The Morgan fingerprint density at radius 1 is 0.512 bits per heavy atom. The Bertz CT molecular complexity index is 2760. The quantitative estimate of drug-likeness (QED) is 0.105. The molecule has 0 bridgehead atoms. The SMILES string of the molecule is C[C@@H](OCC1(c2ccccc2)CC(NC(=O)OC(C)(C)C)(C(=O)N(C)C)C1)c1cc(C(F)(F)F)cc(C(F)(F)F)c1.C[C@@H](OCC1(c2ccccc2)CC(NC(=O)OC(C)(C)C)(C(=O)O)C1)c1cc(C(F)(F)F)cc(C(F)(F)F)c1. The number of hydrogen-bond acceptors (Lipinski definition) is 8. The van der Waals surface area contributed by atoms with Gasteiger partial charge in [-0.15, -0.1) is 0 Å². The molecule has 12 nitrogen and oxygen atoms in total. The van der Waals surface area contributed by atoms with Gasteiger partial charge in [0.05, 0.1) is 47.7 Å². The van der Waals surface area contributed by atoms with Crippen LogP contribution in [-0.2, 0) is 64.1 Å². The number of likely N-dealkylation sites (N-methyl/N-ethyl adjacent to an activating group) is 1. The molecule has 6 rings (SSSR count). The number of carboxylic acid groups (broad SMARTS) is 1. The molecule has 0 heterocycles. The number of ether oxygens (including phenoxy) is 4. The van der Waals surface area contributed by atoms with Crippen molar-refractivity contribution in [3.63, 3.8) is 0 Å². The lowest BCUT2D eigenvalue weighted by Gasteiger charge is -2.56. The van der Waals surface area contributed by atoms with Crippen molar-refractivity contribution in [2.75, 3.05) is 27.3 Å². The number of alkyl halides is 12. The number of amides is 3. The number of nitrogens with one attached hydrogen (secondary N) is 2. The minimum atomic E-state index is -5.01. The van der Waals surface area contributed by atoms with E-state index in [2.05, 4.69) is 10.6 Å². The third-order valence-corrected chi connectivity index (χ3v) is 13.4. The molecule has 440 valence electrons.